The summed E-state index contributed by atoms with van der Waals surface area (Å²) in [5.74, 6) is 1.49. The van der Waals surface area contributed by atoms with E-state index in [1.165, 1.54) is 0 Å². The van der Waals surface area contributed by atoms with Crippen molar-refractivity contribution in [1.82, 2.24) is 10.2 Å². The average molecular weight is 314 g/mol. The van der Waals surface area contributed by atoms with Crippen LogP contribution >= 0.6 is 0 Å². The van der Waals surface area contributed by atoms with Crippen LogP contribution in [0.4, 0.5) is 5.82 Å². The molecule has 0 aliphatic heterocycles. The monoisotopic (exact) mass is 314 g/mol. The van der Waals surface area contributed by atoms with Crippen LogP contribution in [0.3, 0.4) is 0 Å². The number of nitrogens with one attached hydrogen (secondary N) is 1. The van der Waals surface area contributed by atoms with E-state index in [4.69, 9.17) is 0 Å². The number of nitriles is 1. The van der Waals surface area contributed by atoms with Gasteiger partial charge in [-0.1, -0.05) is 30.3 Å². The molecule has 0 amide bonds. The van der Waals surface area contributed by atoms with Crippen LogP contribution in [0.1, 0.15) is 22.4 Å². The Bertz CT molecular complexity index is 710. The molecule has 0 fully saturated rings. The number of aryl methyl sites for hydroxylation is 1. The summed E-state index contributed by atoms with van der Waals surface area (Å²) in [5, 5.41) is 20.3. The fourth-order valence-corrected chi connectivity index (χ4v) is 3.02. The number of aromatic nitrogens is 2. The zero-order valence-corrected chi connectivity index (χ0v) is 13.5. The predicted octanol–water partition coefficient (Wildman–Crippen LogP) is 2.33. The molecule has 1 aromatic heterocycles. The molecule has 0 aliphatic rings. The van der Waals surface area contributed by atoms with Gasteiger partial charge in [0.1, 0.15) is 11.6 Å². The van der Waals surface area contributed by atoms with Crippen LogP contribution in [0.2, 0.25) is 0 Å². The van der Waals surface area contributed by atoms with Crippen molar-refractivity contribution in [2.45, 2.75) is 19.6 Å². The van der Waals surface area contributed by atoms with Crippen LogP contribution in [-0.2, 0) is 16.6 Å². The standard InChI is InChI=1S/C16H18N4OS/c1-12-13(2)19-20-16(15(12)10-17)18-8-9-22(21)11-14-6-4-3-5-7-14/h3-7H,8-9,11H2,1-2H3,(H,18,20)/t22-/m1/s1. The Morgan fingerprint density at radius 1 is 1.23 bits per heavy atom. The smallest absolute Gasteiger partial charge is 0.166 e. The van der Waals surface area contributed by atoms with Crippen LogP contribution in [0.25, 0.3) is 0 Å². The number of nitrogens with zero attached hydrogens (tertiary/aromatic N) is 3. The Morgan fingerprint density at radius 2 is 1.95 bits per heavy atom. The third kappa shape index (κ3) is 4.12. The van der Waals surface area contributed by atoms with Crippen LogP contribution in [-0.4, -0.2) is 26.7 Å². The molecule has 6 heteroatoms. The molecule has 2 aromatic rings. The van der Waals surface area contributed by atoms with Crippen LogP contribution < -0.4 is 5.32 Å². The second kappa shape index (κ2) is 7.66. The van der Waals surface area contributed by atoms with Gasteiger partial charge in [0.25, 0.3) is 0 Å². The first kappa shape index (κ1) is 16.1. The van der Waals surface area contributed by atoms with Crippen molar-refractivity contribution in [3.05, 3.63) is 52.7 Å². The maximum atomic E-state index is 12.0. The fourth-order valence-electron chi connectivity index (χ4n) is 1.98. The van der Waals surface area contributed by atoms with Gasteiger partial charge in [0.15, 0.2) is 5.82 Å². The number of rotatable bonds is 6. The molecule has 0 radical (unpaired) electrons. The zero-order valence-electron chi connectivity index (χ0n) is 12.7. The molecule has 5 nitrogen and oxygen atoms in total. The molecule has 22 heavy (non-hydrogen) atoms. The molecular weight excluding hydrogens is 296 g/mol. The largest absolute Gasteiger partial charge is 0.367 e. The predicted molar refractivity (Wildman–Crippen MR) is 87.9 cm³/mol. The summed E-state index contributed by atoms with van der Waals surface area (Å²) in [7, 11) is -0.957. The summed E-state index contributed by atoms with van der Waals surface area (Å²) in [6.07, 6.45) is 0. The van der Waals surface area contributed by atoms with Crippen LogP contribution in [0, 0.1) is 25.2 Å². The lowest BCUT2D eigenvalue weighted by molar-refractivity contribution is 0.682. The van der Waals surface area contributed by atoms with E-state index >= 15 is 0 Å². The molecule has 1 atom stereocenters. The minimum Gasteiger partial charge on any atom is -0.367 e. The maximum absolute atomic E-state index is 12.0. The molecule has 0 saturated heterocycles. The molecule has 0 saturated carbocycles. The van der Waals surface area contributed by atoms with Gasteiger partial charge in [-0.25, -0.2) is 0 Å². The van der Waals surface area contributed by atoms with E-state index in [0.717, 1.165) is 16.8 Å². The maximum Gasteiger partial charge on any atom is 0.166 e. The highest BCUT2D eigenvalue weighted by Crippen LogP contribution is 2.16. The second-order valence-electron chi connectivity index (χ2n) is 4.95. The number of hydrogen-bond donors (Lipinski definition) is 1. The van der Waals surface area contributed by atoms with Crippen molar-refractivity contribution in [2.24, 2.45) is 0 Å². The topological polar surface area (TPSA) is 78.7 Å². The normalized spacial score (nSPS) is 11.7. The molecule has 0 bridgehead atoms. The first-order valence-corrected chi connectivity index (χ1v) is 8.47. The van der Waals surface area contributed by atoms with Gasteiger partial charge in [-0.05, 0) is 25.0 Å². The molecule has 114 valence electrons. The van der Waals surface area contributed by atoms with Crippen molar-refractivity contribution in [2.75, 3.05) is 17.6 Å². The molecule has 1 N–H and O–H groups in total. The molecule has 0 spiro atoms. The summed E-state index contributed by atoms with van der Waals surface area (Å²) in [6, 6.07) is 11.9. The van der Waals surface area contributed by atoms with Crippen molar-refractivity contribution in [3.8, 4) is 6.07 Å². The fraction of sp³-hybridized carbons (Fsp3) is 0.312. The Morgan fingerprint density at radius 3 is 2.64 bits per heavy atom. The van der Waals surface area contributed by atoms with E-state index in [2.05, 4.69) is 21.6 Å². The van der Waals surface area contributed by atoms with E-state index in [1.54, 1.807) is 0 Å². The summed E-state index contributed by atoms with van der Waals surface area (Å²) < 4.78 is 12.0. The lowest BCUT2D eigenvalue weighted by Crippen LogP contribution is -2.15. The first-order chi connectivity index (χ1) is 10.6. The van der Waals surface area contributed by atoms with E-state index in [0.29, 0.717) is 29.4 Å². The molecular formula is C16H18N4OS. The molecule has 1 aromatic carbocycles. The Hall–Kier alpha value is -2.26. The van der Waals surface area contributed by atoms with Crippen LogP contribution in [0.5, 0.6) is 0 Å². The number of benzene rings is 1. The number of anilines is 1. The molecule has 1 heterocycles. The van der Waals surface area contributed by atoms with E-state index in [-0.39, 0.29) is 0 Å². The first-order valence-electron chi connectivity index (χ1n) is 6.98. The van der Waals surface area contributed by atoms with Gasteiger partial charge >= 0.3 is 0 Å². The Balaban J connectivity index is 1.90. The van der Waals surface area contributed by atoms with Gasteiger partial charge in [-0.15, -0.1) is 5.10 Å². The van der Waals surface area contributed by atoms with E-state index in [9.17, 15) is 9.47 Å². The Labute approximate surface area is 132 Å². The highest BCUT2D eigenvalue weighted by atomic mass is 32.2. The third-order valence-corrected chi connectivity index (χ3v) is 4.67. The highest BCUT2D eigenvalue weighted by Gasteiger charge is 2.10. The van der Waals surface area contributed by atoms with Gasteiger partial charge in [0.2, 0.25) is 0 Å². The SMILES string of the molecule is Cc1nnc(NCC[S@@](=O)Cc2ccccc2)c(C#N)c1C. The summed E-state index contributed by atoms with van der Waals surface area (Å²) in [4.78, 5) is 0. The van der Waals surface area contributed by atoms with Crippen LogP contribution in [0.15, 0.2) is 30.3 Å². The zero-order chi connectivity index (χ0) is 15.9. The Kier molecular flexibility index (Phi) is 5.61. The molecule has 0 aliphatic carbocycles. The van der Waals surface area contributed by atoms with Gasteiger partial charge in [-0.2, -0.15) is 10.4 Å². The highest BCUT2D eigenvalue weighted by molar-refractivity contribution is 7.84. The quantitative estimate of drug-likeness (QED) is 0.885. The van der Waals surface area contributed by atoms with Crippen molar-refractivity contribution >= 4 is 16.6 Å². The second-order valence-corrected chi connectivity index (χ2v) is 6.52. The van der Waals surface area contributed by atoms with Crippen molar-refractivity contribution < 1.29 is 4.21 Å². The van der Waals surface area contributed by atoms with Gasteiger partial charge in [-0.3, -0.25) is 4.21 Å². The van der Waals surface area contributed by atoms with Crippen molar-refractivity contribution in [3.63, 3.8) is 0 Å². The molecule has 2 rings (SSSR count). The van der Waals surface area contributed by atoms with Gasteiger partial charge in [0.05, 0.1) is 5.69 Å². The lowest BCUT2D eigenvalue weighted by atomic mass is 10.1. The average Bonchev–Trinajstić information content (AvgIpc) is 2.52. The summed E-state index contributed by atoms with van der Waals surface area (Å²) >= 11 is 0. The minimum atomic E-state index is -0.957. The molecule has 0 unspecified atom stereocenters. The third-order valence-electron chi connectivity index (χ3n) is 3.36. The van der Waals surface area contributed by atoms with E-state index in [1.807, 2.05) is 44.2 Å². The lowest BCUT2D eigenvalue weighted by Gasteiger charge is -2.09. The summed E-state index contributed by atoms with van der Waals surface area (Å²) in [6.45, 7) is 4.16. The van der Waals surface area contributed by atoms with E-state index < -0.39 is 10.8 Å². The number of hydrogen-bond acceptors (Lipinski definition) is 5. The van der Waals surface area contributed by atoms with Gasteiger partial charge < -0.3 is 5.32 Å². The van der Waals surface area contributed by atoms with Crippen molar-refractivity contribution in [1.29, 1.82) is 5.26 Å². The van der Waals surface area contributed by atoms with Gasteiger partial charge in [0, 0.05) is 28.9 Å². The summed E-state index contributed by atoms with van der Waals surface area (Å²) in [5.41, 5.74) is 3.13. The minimum absolute atomic E-state index is 0.460.